The lowest BCUT2D eigenvalue weighted by Gasteiger charge is -2.42. The van der Waals surface area contributed by atoms with Crippen molar-refractivity contribution in [2.45, 2.75) is 25.7 Å². The first-order valence-electron chi connectivity index (χ1n) is 10.1. The van der Waals surface area contributed by atoms with Crippen LogP contribution in [0, 0.1) is 5.41 Å². The number of amides is 2. The van der Waals surface area contributed by atoms with Gasteiger partial charge in [-0.2, -0.15) is 0 Å². The third-order valence-electron chi connectivity index (χ3n) is 5.68. The van der Waals surface area contributed by atoms with E-state index >= 15 is 0 Å². The van der Waals surface area contributed by atoms with Gasteiger partial charge in [-0.05, 0) is 36.5 Å². The van der Waals surface area contributed by atoms with Gasteiger partial charge in [0.15, 0.2) is 0 Å². The van der Waals surface area contributed by atoms with E-state index in [0.717, 1.165) is 29.5 Å². The molecule has 1 saturated heterocycles. The molecule has 0 bridgehead atoms. The van der Waals surface area contributed by atoms with Gasteiger partial charge in [-0.1, -0.05) is 30.3 Å². The third kappa shape index (κ3) is 4.82. The van der Waals surface area contributed by atoms with Crippen LogP contribution in [0.2, 0.25) is 0 Å². The molecular formula is C23H29N3O3. The minimum absolute atomic E-state index is 0.0114. The summed E-state index contributed by atoms with van der Waals surface area (Å²) in [5.74, 6) is 0.0307. The molecule has 2 heterocycles. The van der Waals surface area contributed by atoms with E-state index in [1.165, 1.54) is 0 Å². The Morgan fingerprint density at radius 1 is 1.24 bits per heavy atom. The summed E-state index contributed by atoms with van der Waals surface area (Å²) >= 11 is 0. The molecular weight excluding hydrogens is 366 g/mol. The molecule has 2 amide bonds. The number of hydrogen-bond acceptors (Lipinski definition) is 4. The second-order valence-electron chi connectivity index (χ2n) is 7.60. The zero-order valence-electron chi connectivity index (χ0n) is 17.2. The Morgan fingerprint density at radius 2 is 2.07 bits per heavy atom. The number of hydrogen-bond donors (Lipinski definition) is 1. The largest absolute Gasteiger partial charge is 0.384 e. The lowest BCUT2D eigenvalue weighted by molar-refractivity contribution is -0.141. The molecule has 1 aromatic carbocycles. The average Bonchev–Trinajstić information content (AvgIpc) is 2.78. The second kappa shape index (κ2) is 9.65. The standard InChI is InChI=1S/C23H29N3O3/c1-24-22(28)23(11-6-13-26(17-23)21(27)10-14-29-2)15-18-7-3-4-9-20(18)19-8-5-12-25-16-19/h3-5,7-9,12,16H,6,10-11,13-15,17H2,1-2H3,(H,24,28)/t23-/m0/s1. The smallest absolute Gasteiger partial charge is 0.228 e. The maximum absolute atomic E-state index is 13.0. The minimum atomic E-state index is -0.645. The van der Waals surface area contributed by atoms with Gasteiger partial charge in [0.2, 0.25) is 11.8 Å². The molecule has 2 aromatic rings. The predicted molar refractivity (Wildman–Crippen MR) is 112 cm³/mol. The Labute approximate surface area is 172 Å². The van der Waals surface area contributed by atoms with Crippen molar-refractivity contribution in [2.24, 2.45) is 5.41 Å². The van der Waals surface area contributed by atoms with Gasteiger partial charge in [0, 0.05) is 45.2 Å². The van der Waals surface area contributed by atoms with Gasteiger partial charge in [-0.15, -0.1) is 0 Å². The van der Waals surface area contributed by atoms with Crippen LogP contribution >= 0.6 is 0 Å². The highest BCUT2D eigenvalue weighted by atomic mass is 16.5. The van der Waals surface area contributed by atoms with Crippen LogP contribution in [-0.2, 0) is 20.7 Å². The fourth-order valence-electron chi connectivity index (χ4n) is 4.21. The van der Waals surface area contributed by atoms with Gasteiger partial charge in [0.05, 0.1) is 18.4 Å². The SMILES string of the molecule is CNC(=O)[C@]1(Cc2ccccc2-c2cccnc2)CCCN(C(=O)CCOC)C1. The van der Waals surface area contributed by atoms with Crippen molar-refractivity contribution in [3.05, 3.63) is 54.4 Å². The summed E-state index contributed by atoms with van der Waals surface area (Å²) in [6.45, 7) is 1.51. The summed E-state index contributed by atoms with van der Waals surface area (Å²) in [5.41, 5.74) is 2.55. The van der Waals surface area contributed by atoms with Crippen molar-refractivity contribution >= 4 is 11.8 Å². The zero-order valence-corrected chi connectivity index (χ0v) is 17.2. The quantitative estimate of drug-likeness (QED) is 0.782. The molecule has 0 aliphatic carbocycles. The highest BCUT2D eigenvalue weighted by Gasteiger charge is 2.43. The summed E-state index contributed by atoms with van der Waals surface area (Å²) in [7, 11) is 3.26. The number of carbonyl (C=O) groups is 2. The van der Waals surface area contributed by atoms with Gasteiger partial charge in [0.25, 0.3) is 0 Å². The highest BCUT2D eigenvalue weighted by Crippen LogP contribution is 2.37. The van der Waals surface area contributed by atoms with Gasteiger partial charge in [-0.3, -0.25) is 14.6 Å². The number of methoxy groups -OCH3 is 1. The topological polar surface area (TPSA) is 71.5 Å². The number of carbonyl (C=O) groups excluding carboxylic acids is 2. The lowest BCUT2D eigenvalue weighted by atomic mass is 9.73. The molecule has 29 heavy (non-hydrogen) atoms. The number of ether oxygens (including phenoxy) is 1. The highest BCUT2D eigenvalue weighted by molar-refractivity contribution is 5.85. The Morgan fingerprint density at radius 3 is 2.79 bits per heavy atom. The number of nitrogens with one attached hydrogen (secondary N) is 1. The molecule has 0 unspecified atom stereocenters. The summed E-state index contributed by atoms with van der Waals surface area (Å²) in [4.78, 5) is 31.7. The van der Waals surface area contributed by atoms with Gasteiger partial charge < -0.3 is 15.0 Å². The molecule has 6 heteroatoms. The first-order valence-corrected chi connectivity index (χ1v) is 10.1. The Bertz CT molecular complexity index is 840. The van der Waals surface area contributed by atoms with Crippen molar-refractivity contribution in [1.29, 1.82) is 0 Å². The first-order chi connectivity index (χ1) is 14.1. The Hall–Kier alpha value is -2.73. The van der Waals surface area contributed by atoms with Gasteiger partial charge in [0.1, 0.15) is 0 Å². The number of piperidine rings is 1. The maximum Gasteiger partial charge on any atom is 0.228 e. The third-order valence-corrected chi connectivity index (χ3v) is 5.68. The monoisotopic (exact) mass is 395 g/mol. The molecule has 0 spiro atoms. The molecule has 1 aliphatic rings. The molecule has 0 radical (unpaired) electrons. The number of benzene rings is 1. The summed E-state index contributed by atoms with van der Waals surface area (Å²) in [6, 6.07) is 12.1. The number of pyridine rings is 1. The molecule has 0 saturated carbocycles. The average molecular weight is 396 g/mol. The number of likely N-dealkylation sites (tertiary alicyclic amines) is 1. The van der Waals surface area contributed by atoms with Crippen LogP contribution in [0.4, 0.5) is 0 Å². The van der Waals surface area contributed by atoms with Crippen LogP contribution in [0.15, 0.2) is 48.8 Å². The summed E-state index contributed by atoms with van der Waals surface area (Å²) in [5, 5.41) is 2.84. The lowest BCUT2D eigenvalue weighted by Crippen LogP contribution is -2.54. The first kappa shape index (κ1) is 21.0. The van der Waals surface area contributed by atoms with Crippen molar-refractivity contribution in [3.63, 3.8) is 0 Å². The number of rotatable bonds is 7. The molecule has 1 N–H and O–H groups in total. The Kier molecular flexibility index (Phi) is 6.99. The maximum atomic E-state index is 13.0. The van der Waals surface area contributed by atoms with Gasteiger partial charge in [-0.25, -0.2) is 0 Å². The van der Waals surface area contributed by atoms with E-state index in [-0.39, 0.29) is 11.8 Å². The Balaban J connectivity index is 1.91. The summed E-state index contributed by atoms with van der Waals surface area (Å²) in [6.07, 6.45) is 6.07. The van der Waals surface area contributed by atoms with Crippen LogP contribution in [0.1, 0.15) is 24.8 Å². The van der Waals surface area contributed by atoms with Crippen LogP contribution in [-0.4, -0.2) is 55.6 Å². The second-order valence-corrected chi connectivity index (χ2v) is 7.60. The van der Waals surface area contributed by atoms with E-state index in [1.54, 1.807) is 20.4 Å². The van der Waals surface area contributed by atoms with E-state index in [1.807, 2.05) is 35.4 Å². The molecule has 1 fully saturated rings. The van der Waals surface area contributed by atoms with Crippen LogP contribution < -0.4 is 5.32 Å². The van der Waals surface area contributed by atoms with Crippen LogP contribution in [0.25, 0.3) is 11.1 Å². The molecule has 3 rings (SSSR count). The minimum Gasteiger partial charge on any atom is -0.384 e. The zero-order chi connectivity index (χ0) is 20.7. The van der Waals surface area contributed by atoms with Crippen LogP contribution in [0.3, 0.4) is 0 Å². The van der Waals surface area contributed by atoms with Gasteiger partial charge >= 0.3 is 0 Å². The van der Waals surface area contributed by atoms with E-state index in [9.17, 15) is 9.59 Å². The predicted octanol–water partition coefficient (Wildman–Crippen LogP) is 2.68. The van der Waals surface area contributed by atoms with E-state index in [2.05, 4.69) is 22.4 Å². The normalized spacial score (nSPS) is 19.0. The van der Waals surface area contributed by atoms with E-state index < -0.39 is 5.41 Å². The van der Waals surface area contributed by atoms with Crippen molar-refractivity contribution in [1.82, 2.24) is 15.2 Å². The molecule has 1 atom stereocenters. The fraction of sp³-hybridized carbons (Fsp3) is 0.435. The molecule has 1 aromatic heterocycles. The van der Waals surface area contributed by atoms with Crippen molar-refractivity contribution in [3.8, 4) is 11.1 Å². The van der Waals surface area contributed by atoms with Crippen molar-refractivity contribution < 1.29 is 14.3 Å². The fourth-order valence-corrected chi connectivity index (χ4v) is 4.21. The molecule has 6 nitrogen and oxygen atoms in total. The van der Waals surface area contributed by atoms with E-state index in [4.69, 9.17) is 4.74 Å². The summed E-state index contributed by atoms with van der Waals surface area (Å²) < 4.78 is 5.05. The van der Waals surface area contributed by atoms with Crippen LogP contribution in [0.5, 0.6) is 0 Å². The van der Waals surface area contributed by atoms with Crippen molar-refractivity contribution in [2.75, 3.05) is 33.9 Å². The van der Waals surface area contributed by atoms with E-state index in [0.29, 0.717) is 32.5 Å². The number of aromatic nitrogens is 1. The number of nitrogens with zero attached hydrogens (tertiary/aromatic N) is 2. The molecule has 1 aliphatic heterocycles. The molecule has 154 valence electrons.